The largest absolute Gasteiger partial charge is 0.508 e. The van der Waals surface area contributed by atoms with Gasteiger partial charge in [0.2, 0.25) is 21.8 Å². The maximum absolute atomic E-state index is 13.0. The number of nitrogens with two attached hydrogens (primary N) is 1. The number of carbonyl (C=O) groups is 1. The lowest BCUT2D eigenvalue weighted by Gasteiger charge is -2.22. The summed E-state index contributed by atoms with van der Waals surface area (Å²) in [6.07, 6.45) is -3.37. The molecule has 3 aromatic carbocycles. The van der Waals surface area contributed by atoms with E-state index >= 15 is 0 Å². The first-order chi connectivity index (χ1) is 28.8. The van der Waals surface area contributed by atoms with E-state index in [0.29, 0.717) is 36.5 Å². The average molecular weight is 844 g/mol. The third kappa shape index (κ3) is 8.47. The van der Waals surface area contributed by atoms with E-state index < -0.39 is 40.6 Å². The van der Waals surface area contributed by atoms with Crippen LogP contribution in [0.15, 0.2) is 84.0 Å². The van der Waals surface area contributed by atoms with Crippen molar-refractivity contribution in [1.29, 1.82) is 0 Å². The van der Waals surface area contributed by atoms with Gasteiger partial charge in [-0.05, 0) is 71.3 Å². The molecule has 0 aliphatic carbocycles. The standard InChI is InChI=1S/C37H41N13O9S/c38-60(57,58)26-11-5-22(6-12-26)41-37(56)42-23-13-14-48(18-23)36-43-32(39-17-27(20-1-7-24(52)8-2-20)21-3-9-25(53)10-4-21)28-34(44-36)49(19-40-28)35-30(55)29(54)31(59-35)33-45-47-50(46-33)15-16-51/h1-12,19,23,27,29-31,35,51-55H,13-18H2,(H2,38,57,58)(H,39,43,44)(H2,41,42,56)/t23-,29+,30+,31+,35-/m1/s1. The van der Waals surface area contributed by atoms with Gasteiger partial charge in [-0.25, -0.2) is 23.3 Å². The van der Waals surface area contributed by atoms with Crippen molar-refractivity contribution in [3.05, 3.63) is 96.1 Å². The van der Waals surface area contributed by atoms with Crippen LogP contribution in [-0.2, 0) is 21.3 Å². The van der Waals surface area contributed by atoms with Crippen LogP contribution in [0.5, 0.6) is 11.5 Å². The molecule has 2 fully saturated rings. The van der Waals surface area contributed by atoms with Crippen molar-refractivity contribution < 1.29 is 43.5 Å². The summed E-state index contributed by atoms with van der Waals surface area (Å²) in [5.41, 5.74) is 2.65. The molecule has 2 amide bonds. The first-order valence-corrected chi connectivity index (χ1v) is 20.3. The SMILES string of the molecule is NS(=O)(=O)c1ccc(NC(=O)N[C@@H]2CCN(c3nc(NCC(c4ccc(O)cc4)c4ccc(O)cc4)c4ncn([C@@H]5O[C@H](c6nnn(CCO)n6)[C@@H](O)[C@@H]5O)c4n3)C2)cc1. The number of primary sulfonamides is 1. The number of urea groups is 1. The van der Waals surface area contributed by atoms with Crippen LogP contribution in [0.4, 0.5) is 22.2 Å². The Hall–Kier alpha value is -6.50. The van der Waals surface area contributed by atoms with Crippen LogP contribution < -0.4 is 26.0 Å². The predicted molar refractivity (Wildman–Crippen MR) is 212 cm³/mol. The van der Waals surface area contributed by atoms with Gasteiger partial charge in [0.05, 0.1) is 24.4 Å². The summed E-state index contributed by atoms with van der Waals surface area (Å²) in [5.74, 6) is 0.514. The van der Waals surface area contributed by atoms with Gasteiger partial charge < -0.3 is 51.1 Å². The Labute approximate surface area is 341 Å². The van der Waals surface area contributed by atoms with Gasteiger partial charge in [-0.3, -0.25) is 4.57 Å². The molecule has 0 unspecified atom stereocenters. The number of nitrogens with one attached hydrogen (secondary N) is 3. The minimum Gasteiger partial charge on any atom is -0.508 e. The van der Waals surface area contributed by atoms with E-state index in [-0.39, 0.29) is 65.5 Å². The van der Waals surface area contributed by atoms with Gasteiger partial charge in [0.1, 0.15) is 23.7 Å². The fourth-order valence-electron chi connectivity index (χ4n) is 7.19. The molecule has 6 aromatic rings. The number of hydrogen-bond donors (Lipinski definition) is 9. The Kier molecular flexibility index (Phi) is 11.2. The molecule has 22 nitrogen and oxygen atoms in total. The highest BCUT2D eigenvalue weighted by Gasteiger charge is 2.47. The summed E-state index contributed by atoms with van der Waals surface area (Å²) in [7, 11) is -3.89. The summed E-state index contributed by atoms with van der Waals surface area (Å²) in [4.78, 5) is 30.3. The quantitative estimate of drug-likeness (QED) is 0.0764. The molecular weight excluding hydrogens is 803 g/mol. The molecule has 3 aromatic heterocycles. The number of ether oxygens (including phenoxy) is 1. The number of fused-ring (bicyclic) bond motifs is 1. The van der Waals surface area contributed by atoms with Crippen molar-refractivity contribution in [1.82, 2.24) is 45.0 Å². The Balaban J connectivity index is 1.08. The summed E-state index contributed by atoms with van der Waals surface area (Å²) in [6.45, 7) is 0.849. The second kappa shape index (κ2) is 16.6. The Morgan fingerprint density at radius 3 is 2.28 bits per heavy atom. The van der Waals surface area contributed by atoms with Crippen molar-refractivity contribution in [2.45, 2.75) is 54.4 Å². The van der Waals surface area contributed by atoms with Gasteiger partial charge >= 0.3 is 6.03 Å². The van der Waals surface area contributed by atoms with Crippen molar-refractivity contribution in [2.75, 3.05) is 41.8 Å². The number of benzene rings is 3. The number of sulfonamides is 1. The Morgan fingerprint density at radius 1 is 0.950 bits per heavy atom. The van der Waals surface area contributed by atoms with E-state index in [1.165, 1.54) is 35.2 Å². The molecule has 5 heterocycles. The third-order valence-electron chi connectivity index (χ3n) is 10.3. The van der Waals surface area contributed by atoms with E-state index in [1.54, 1.807) is 48.5 Å². The highest BCUT2D eigenvalue weighted by Crippen LogP contribution is 2.39. The first kappa shape index (κ1) is 40.3. The van der Waals surface area contributed by atoms with Crippen molar-refractivity contribution >= 4 is 44.7 Å². The van der Waals surface area contributed by atoms with Crippen molar-refractivity contribution in [3.63, 3.8) is 0 Å². The van der Waals surface area contributed by atoms with Gasteiger partial charge in [0.25, 0.3) is 0 Å². The number of tetrazole rings is 1. The smallest absolute Gasteiger partial charge is 0.319 e. The number of rotatable bonds is 13. The molecule has 2 aliphatic heterocycles. The molecule has 0 radical (unpaired) electrons. The second-order valence-electron chi connectivity index (χ2n) is 14.3. The van der Waals surface area contributed by atoms with Crippen LogP contribution in [0.1, 0.15) is 41.6 Å². The maximum Gasteiger partial charge on any atom is 0.319 e. The normalized spacial score (nSPS) is 20.6. The van der Waals surface area contributed by atoms with Crippen LogP contribution in [0.2, 0.25) is 0 Å². The molecule has 60 heavy (non-hydrogen) atoms. The van der Waals surface area contributed by atoms with Crippen LogP contribution in [-0.4, -0.2) is 124 Å². The van der Waals surface area contributed by atoms with Gasteiger partial charge in [-0.2, -0.15) is 14.8 Å². The van der Waals surface area contributed by atoms with E-state index in [4.69, 9.17) is 19.8 Å². The molecule has 2 saturated heterocycles. The van der Waals surface area contributed by atoms with E-state index in [1.807, 2.05) is 4.90 Å². The maximum atomic E-state index is 13.0. The number of aromatic hydroxyl groups is 2. The second-order valence-corrected chi connectivity index (χ2v) is 15.9. The third-order valence-corrected chi connectivity index (χ3v) is 11.2. The van der Waals surface area contributed by atoms with Gasteiger partial charge in [-0.1, -0.05) is 24.3 Å². The fourth-order valence-corrected chi connectivity index (χ4v) is 7.71. The number of imidazole rings is 1. The first-order valence-electron chi connectivity index (χ1n) is 18.8. The van der Waals surface area contributed by atoms with Gasteiger partial charge in [0.15, 0.2) is 29.3 Å². The van der Waals surface area contributed by atoms with Crippen LogP contribution in [0.3, 0.4) is 0 Å². The number of amides is 2. The minimum absolute atomic E-state index is 0.00857. The van der Waals surface area contributed by atoms with E-state index in [2.05, 4.69) is 36.3 Å². The van der Waals surface area contributed by atoms with Crippen LogP contribution >= 0.6 is 0 Å². The van der Waals surface area contributed by atoms with Crippen LogP contribution in [0, 0.1) is 0 Å². The van der Waals surface area contributed by atoms with Crippen molar-refractivity contribution in [2.24, 2.45) is 5.14 Å². The number of phenolic OH excluding ortho intramolecular Hbond substituents is 2. The van der Waals surface area contributed by atoms with Gasteiger partial charge in [-0.15, -0.1) is 10.2 Å². The lowest BCUT2D eigenvalue weighted by Crippen LogP contribution is -2.40. The van der Waals surface area contributed by atoms with Crippen molar-refractivity contribution in [3.8, 4) is 11.5 Å². The summed E-state index contributed by atoms with van der Waals surface area (Å²) < 4.78 is 30.9. The Morgan fingerprint density at radius 2 is 1.63 bits per heavy atom. The molecular formula is C37H41N13O9S. The summed E-state index contributed by atoms with van der Waals surface area (Å²) >= 11 is 0. The molecule has 5 atom stereocenters. The zero-order valence-electron chi connectivity index (χ0n) is 31.6. The lowest BCUT2D eigenvalue weighted by atomic mass is 9.91. The number of aliphatic hydroxyl groups excluding tert-OH is 3. The van der Waals surface area contributed by atoms with E-state index in [9.17, 15) is 38.7 Å². The van der Waals surface area contributed by atoms with Gasteiger partial charge in [0, 0.05) is 37.3 Å². The number of nitrogens with zero attached hydrogens (tertiary/aromatic N) is 9. The highest BCUT2D eigenvalue weighted by atomic mass is 32.2. The summed E-state index contributed by atoms with van der Waals surface area (Å²) in [6, 6.07) is 18.1. The number of aromatic nitrogens is 8. The topological polar surface area (TPSA) is 314 Å². The number of hydrogen-bond acceptors (Lipinski definition) is 17. The average Bonchev–Trinajstić information content (AvgIpc) is 4.04. The molecule has 23 heteroatoms. The van der Waals surface area contributed by atoms with E-state index in [0.717, 1.165) is 15.9 Å². The number of anilines is 3. The highest BCUT2D eigenvalue weighted by molar-refractivity contribution is 7.89. The zero-order valence-corrected chi connectivity index (χ0v) is 32.4. The molecule has 0 spiro atoms. The number of aliphatic hydroxyl groups is 3. The molecule has 2 aliphatic rings. The van der Waals surface area contributed by atoms with Crippen LogP contribution in [0.25, 0.3) is 11.2 Å². The fraction of sp³-hybridized carbons (Fsp3) is 0.324. The monoisotopic (exact) mass is 843 g/mol. The lowest BCUT2D eigenvalue weighted by molar-refractivity contribution is -0.0384. The molecule has 0 saturated carbocycles. The molecule has 314 valence electrons. The zero-order chi connectivity index (χ0) is 42.1. The number of phenols is 2. The predicted octanol–water partition coefficient (Wildman–Crippen LogP) is 0.500. The molecule has 10 N–H and O–H groups in total. The molecule has 8 rings (SSSR count). The minimum atomic E-state index is -3.89. The number of carbonyl (C=O) groups excluding carboxylic acids is 1. The summed E-state index contributed by atoms with van der Waals surface area (Å²) in [5, 5.41) is 77.9. The molecule has 0 bridgehead atoms. The Bertz CT molecular complexity index is 2530.